The summed E-state index contributed by atoms with van der Waals surface area (Å²) in [7, 11) is 0. The molecule has 0 unspecified atom stereocenters. The van der Waals surface area contributed by atoms with Crippen LogP contribution in [0.2, 0.25) is 0 Å². The third-order valence-electron chi connectivity index (χ3n) is 2.26. The minimum atomic E-state index is -0.0736. The summed E-state index contributed by atoms with van der Waals surface area (Å²) in [5.41, 5.74) is 1.06. The highest BCUT2D eigenvalue weighted by Gasteiger charge is 2.24. The highest BCUT2D eigenvalue weighted by Crippen LogP contribution is 2.23. The Morgan fingerprint density at radius 1 is 1.07 bits per heavy atom. The Labute approximate surface area is 82.2 Å². The summed E-state index contributed by atoms with van der Waals surface area (Å²) in [5, 5.41) is 0. The second kappa shape index (κ2) is 3.22. The number of hydrogen-bond acceptors (Lipinski definition) is 2. The standard InChI is InChI=1S/C12H10O2/c1-8(13)10-4-2-3-5-11(10)12(14)9-6-7-9/h2-7,9H,1H3. The highest BCUT2D eigenvalue weighted by atomic mass is 16.1. The third kappa shape index (κ3) is 1.51. The number of allylic oxidation sites excluding steroid dienone is 2. The van der Waals surface area contributed by atoms with Gasteiger partial charge in [0.15, 0.2) is 11.6 Å². The molecule has 0 atom stereocenters. The molecule has 0 fully saturated rings. The topological polar surface area (TPSA) is 34.1 Å². The zero-order valence-corrected chi connectivity index (χ0v) is 7.86. The van der Waals surface area contributed by atoms with Crippen molar-refractivity contribution >= 4 is 11.6 Å². The lowest BCUT2D eigenvalue weighted by Gasteiger charge is -2.04. The third-order valence-corrected chi connectivity index (χ3v) is 2.26. The molecule has 0 spiro atoms. The van der Waals surface area contributed by atoms with E-state index in [-0.39, 0.29) is 17.5 Å². The minimum Gasteiger partial charge on any atom is -0.294 e. The highest BCUT2D eigenvalue weighted by molar-refractivity contribution is 6.10. The average molecular weight is 186 g/mol. The van der Waals surface area contributed by atoms with E-state index in [0.29, 0.717) is 11.1 Å². The first-order valence-electron chi connectivity index (χ1n) is 4.52. The van der Waals surface area contributed by atoms with Crippen LogP contribution in [0.25, 0.3) is 0 Å². The Morgan fingerprint density at radius 2 is 1.64 bits per heavy atom. The SMILES string of the molecule is CC(=O)c1ccccc1C(=O)C1C=C1. The van der Waals surface area contributed by atoms with E-state index in [1.54, 1.807) is 24.3 Å². The fourth-order valence-electron chi connectivity index (χ4n) is 1.41. The lowest BCUT2D eigenvalue weighted by atomic mass is 9.98. The predicted molar refractivity (Wildman–Crippen MR) is 53.4 cm³/mol. The molecule has 14 heavy (non-hydrogen) atoms. The van der Waals surface area contributed by atoms with Crippen LogP contribution in [0, 0.1) is 5.92 Å². The largest absolute Gasteiger partial charge is 0.294 e. The molecule has 1 aromatic carbocycles. The summed E-state index contributed by atoms with van der Waals surface area (Å²) in [5.74, 6) is -0.110. The number of carbonyl (C=O) groups is 2. The maximum absolute atomic E-state index is 11.7. The summed E-state index contributed by atoms with van der Waals surface area (Å²) in [4.78, 5) is 23.0. The number of Topliss-reactive ketones (excluding diaryl/α,β-unsaturated/α-hetero) is 2. The molecular formula is C12H10O2. The Hall–Kier alpha value is -1.70. The van der Waals surface area contributed by atoms with E-state index >= 15 is 0 Å². The molecule has 1 aromatic rings. The fourth-order valence-corrected chi connectivity index (χ4v) is 1.41. The quantitative estimate of drug-likeness (QED) is 0.536. The van der Waals surface area contributed by atoms with Crippen LogP contribution in [-0.4, -0.2) is 11.6 Å². The summed E-state index contributed by atoms with van der Waals surface area (Å²) in [6.07, 6.45) is 3.67. The molecule has 0 aromatic heterocycles. The van der Waals surface area contributed by atoms with E-state index in [2.05, 4.69) is 0 Å². The zero-order valence-electron chi connectivity index (χ0n) is 7.86. The molecule has 2 nitrogen and oxygen atoms in total. The van der Waals surface area contributed by atoms with Crippen molar-refractivity contribution in [2.45, 2.75) is 6.92 Å². The monoisotopic (exact) mass is 186 g/mol. The maximum Gasteiger partial charge on any atom is 0.174 e. The van der Waals surface area contributed by atoms with E-state index in [9.17, 15) is 9.59 Å². The molecule has 0 bridgehead atoms. The van der Waals surface area contributed by atoms with Gasteiger partial charge in [-0.2, -0.15) is 0 Å². The smallest absolute Gasteiger partial charge is 0.174 e. The van der Waals surface area contributed by atoms with Crippen molar-refractivity contribution in [2.75, 3.05) is 0 Å². The van der Waals surface area contributed by atoms with Crippen molar-refractivity contribution < 1.29 is 9.59 Å². The van der Waals surface area contributed by atoms with Crippen LogP contribution in [-0.2, 0) is 0 Å². The van der Waals surface area contributed by atoms with Crippen LogP contribution in [0.5, 0.6) is 0 Å². The van der Waals surface area contributed by atoms with Gasteiger partial charge < -0.3 is 0 Å². The van der Waals surface area contributed by atoms with Crippen LogP contribution >= 0.6 is 0 Å². The van der Waals surface area contributed by atoms with Gasteiger partial charge in [0.25, 0.3) is 0 Å². The Morgan fingerprint density at radius 3 is 2.14 bits per heavy atom. The van der Waals surface area contributed by atoms with Gasteiger partial charge in [0.05, 0.1) is 5.92 Å². The Balaban J connectivity index is 2.40. The second-order valence-electron chi connectivity index (χ2n) is 3.38. The molecule has 0 radical (unpaired) electrons. The first kappa shape index (κ1) is 8.88. The molecule has 1 aliphatic rings. The van der Waals surface area contributed by atoms with Crippen LogP contribution in [0.4, 0.5) is 0 Å². The number of ketones is 2. The zero-order chi connectivity index (χ0) is 10.1. The van der Waals surface area contributed by atoms with Gasteiger partial charge in [-0.15, -0.1) is 0 Å². The molecule has 0 saturated heterocycles. The minimum absolute atomic E-state index is 0.0239. The fraction of sp³-hybridized carbons (Fsp3) is 0.167. The molecule has 0 amide bonds. The van der Waals surface area contributed by atoms with E-state index in [1.807, 2.05) is 12.2 Å². The van der Waals surface area contributed by atoms with E-state index in [1.165, 1.54) is 6.92 Å². The van der Waals surface area contributed by atoms with E-state index in [0.717, 1.165) is 0 Å². The summed E-state index contributed by atoms with van der Waals surface area (Å²) in [6.45, 7) is 1.48. The second-order valence-corrected chi connectivity index (χ2v) is 3.38. The summed E-state index contributed by atoms with van der Waals surface area (Å²) in [6, 6.07) is 6.95. The first-order valence-corrected chi connectivity index (χ1v) is 4.52. The van der Waals surface area contributed by atoms with Gasteiger partial charge in [0.1, 0.15) is 0 Å². The van der Waals surface area contributed by atoms with Crippen LogP contribution in [0.1, 0.15) is 27.6 Å². The normalized spacial score (nSPS) is 14.1. The van der Waals surface area contributed by atoms with Crippen molar-refractivity contribution in [2.24, 2.45) is 5.92 Å². The van der Waals surface area contributed by atoms with Crippen molar-refractivity contribution in [3.8, 4) is 0 Å². The molecular weight excluding hydrogens is 176 g/mol. The summed E-state index contributed by atoms with van der Waals surface area (Å²) >= 11 is 0. The van der Waals surface area contributed by atoms with Crippen LogP contribution in [0.15, 0.2) is 36.4 Å². The maximum atomic E-state index is 11.7. The average Bonchev–Trinajstić information content (AvgIpc) is 3.00. The van der Waals surface area contributed by atoms with Gasteiger partial charge in [0.2, 0.25) is 0 Å². The molecule has 70 valence electrons. The molecule has 0 heterocycles. The Bertz CT molecular complexity index is 424. The van der Waals surface area contributed by atoms with Crippen molar-refractivity contribution in [1.29, 1.82) is 0 Å². The first-order chi connectivity index (χ1) is 6.70. The van der Waals surface area contributed by atoms with Crippen LogP contribution < -0.4 is 0 Å². The van der Waals surface area contributed by atoms with Gasteiger partial charge in [-0.25, -0.2) is 0 Å². The molecule has 2 rings (SSSR count). The van der Waals surface area contributed by atoms with Crippen molar-refractivity contribution in [1.82, 2.24) is 0 Å². The van der Waals surface area contributed by atoms with E-state index in [4.69, 9.17) is 0 Å². The van der Waals surface area contributed by atoms with Gasteiger partial charge in [-0.3, -0.25) is 9.59 Å². The molecule has 2 heteroatoms. The number of hydrogen-bond donors (Lipinski definition) is 0. The molecule has 1 aliphatic carbocycles. The predicted octanol–water partition coefficient (Wildman–Crippen LogP) is 2.26. The number of rotatable bonds is 3. The molecule has 0 N–H and O–H groups in total. The van der Waals surface area contributed by atoms with Crippen molar-refractivity contribution in [3.63, 3.8) is 0 Å². The summed E-state index contributed by atoms with van der Waals surface area (Å²) < 4.78 is 0. The molecule has 0 saturated carbocycles. The van der Waals surface area contributed by atoms with Gasteiger partial charge in [-0.1, -0.05) is 36.4 Å². The van der Waals surface area contributed by atoms with E-state index < -0.39 is 0 Å². The molecule has 0 aliphatic heterocycles. The van der Waals surface area contributed by atoms with Crippen molar-refractivity contribution in [3.05, 3.63) is 47.5 Å². The van der Waals surface area contributed by atoms with Gasteiger partial charge >= 0.3 is 0 Å². The number of benzene rings is 1. The van der Waals surface area contributed by atoms with Gasteiger partial charge in [0, 0.05) is 11.1 Å². The van der Waals surface area contributed by atoms with Gasteiger partial charge in [-0.05, 0) is 6.92 Å². The van der Waals surface area contributed by atoms with Crippen LogP contribution in [0.3, 0.4) is 0 Å². The lowest BCUT2D eigenvalue weighted by molar-refractivity contribution is 0.0957. The Kier molecular flexibility index (Phi) is 2.04. The number of carbonyl (C=O) groups excluding carboxylic acids is 2. The lowest BCUT2D eigenvalue weighted by Crippen LogP contribution is -2.08.